The zero-order valence-corrected chi connectivity index (χ0v) is 12.1. The molecule has 1 rings (SSSR count). The SMILES string of the molecule is C=C(CCOc1ccccc1)C(=O)O.C=CC(=O)OCC. The maximum Gasteiger partial charge on any atom is 0.331 e. The van der Waals surface area contributed by atoms with Crippen LogP contribution >= 0.6 is 0 Å². The Morgan fingerprint density at radius 3 is 2.33 bits per heavy atom. The summed E-state index contributed by atoms with van der Waals surface area (Å²) in [6.45, 7) is 9.13. The molecular weight excluding hydrogens is 272 g/mol. The van der Waals surface area contributed by atoms with E-state index in [1.165, 1.54) is 0 Å². The molecule has 1 aromatic carbocycles. The van der Waals surface area contributed by atoms with Crippen molar-refractivity contribution in [1.82, 2.24) is 0 Å². The van der Waals surface area contributed by atoms with Crippen LogP contribution in [0.25, 0.3) is 0 Å². The summed E-state index contributed by atoms with van der Waals surface area (Å²) in [7, 11) is 0. The van der Waals surface area contributed by atoms with E-state index in [4.69, 9.17) is 9.84 Å². The van der Waals surface area contributed by atoms with Crippen LogP contribution in [0.3, 0.4) is 0 Å². The van der Waals surface area contributed by atoms with Gasteiger partial charge in [-0.05, 0) is 19.1 Å². The van der Waals surface area contributed by atoms with Gasteiger partial charge in [-0.25, -0.2) is 9.59 Å². The van der Waals surface area contributed by atoms with Gasteiger partial charge in [-0.15, -0.1) is 0 Å². The molecule has 0 fully saturated rings. The van der Waals surface area contributed by atoms with E-state index >= 15 is 0 Å². The number of carboxylic acids is 1. The van der Waals surface area contributed by atoms with E-state index < -0.39 is 5.97 Å². The number of esters is 1. The largest absolute Gasteiger partial charge is 0.493 e. The summed E-state index contributed by atoms with van der Waals surface area (Å²) >= 11 is 0. The van der Waals surface area contributed by atoms with E-state index in [0.29, 0.717) is 19.6 Å². The smallest absolute Gasteiger partial charge is 0.331 e. The van der Waals surface area contributed by atoms with Crippen LogP contribution in [0.5, 0.6) is 5.75 Å². The van der Waals surface area contributed by atoms with E-state index in [-0.39, 0.29) is 11.5 Å². The minimum absolute atomic E-state index is 0.168. The van der Waals surface area contributed by atoms with Gasteiger partial charge in [0, 0.05) is 18.1 Å². The maximum absolute atomic E-state index is 10.4. The summed E-state index contributed by atoms with van der Waals surface area (Å²) in [4.78, 5) is 20.5. The number of hydrogen-bond donors (Lipinski definition) is 1. The quantitative estimate of drug-likeness (QED) is 0.618. The van der Waals surface area contributed by atoms with Crippen LogP contribution in [0, 0.1) is 0 Å². The monoisotopic (exact) mass is 292 g/mol. The fourth-order valence-corrected chi connectivity index (χ4v) is 1.12. The van der Waals surface area contributed by atoms with Crippen molar-refractivity contribution in [3.63, 3.8) is 0 Å². The van der Waals surface area contributed by atoms with Crippen LogP contribution in [-0.2, 0) is 14.3 Å². The average Bonchev–Trinajstić information content (AvgIpc) is 2.49. The second-order valence-corrected chi connectivity index (χ2v) is 3.78. The van der Waals surface area contributed by atoms with Crippen LogP contribution in [-0.4, -0.2) is 30.3 Å². The van der Waals surface area contributed by atoms with Crippen molar-refractivity contribution in [2.24, 2.45) is 0 Å². The predicted octanol–water partition coefficient (Wildman–Crippen LogP) is 2.83. The molecule has 1 aromatic rings. The molecular formula is C16H20O5. The second kappa shape index (κ2) is 11.3. The lowest BCUT2D eigenvalue weighted by Gasteiger charge is -2.04. The van der Waals surface area contributed by atoms with Crippen LogP contribution < -0.4 is 4.74 Å². The number of benzene rings is 1. The van der Waals surface area contributed by atoms with Gasteiger partial charge in [0.2, 0.25) is 0 Å². The van der Waals surface area contributed by atoms with E-state index in [9.17, 15) is 9.59 Å². The molecule has 0 aliphatic rings. The van der Waals surface area contributed by atoms with Crippen LogP contribution in [0.1, 0.15) is 13.3 Å². The van der Waals surface area contributed by atoms with E-state index in [1.807, 2.05) is 30.3 Å². The highest BCUT2D eigenvalue weighted by Crippen LogP contribution is 2.09. The fraction of sp³-hybridized carbons (Fsp3) is 0.250. The molecule has 0 bridgehead atoms. The summed E-state index contributed by atoms with van der Waals surface area (Å²) in [5.74, 6) is -0.588. The molecule has 0 saturated carbocycles. The highest BCUT2D eigenvalue weighted by atomic mass is 16.5. The second-order valence-electron chi connectivity index (χ2n) is 3.78. The molecule has 114 valence electrons. The molecule has 0 radical (unpaired) electrons. The summed E-state index contributed by atoms with van der Waals surface area (Å²) in [6, 6.07) is 9.26. The van der Waals surface area contributed by atoms with Crippen LogP contribution in [0.4, 0.5) is 0 Å². The summed E-state index contributed by atoms with van der Waals surface area (Å²) in [5, 5.41) is 8.52. The van der Waals surface area contributed by atoms with Gasteiger partial charge in [0.25, 0.3) is 0 Å². The van der Waals surface area contributed by atoms with Crippen molar-refractivity contribution in [2.75, 3.05) is 13.2 Å². The van der Waals surface area contributed by atoms with E-state index in [2.05, 4.69) is 17.9 Å². The van der Waals surface area contributed by atoms with Gasteiger partial charge in [-0.3, -0.25) is 0 Å². The minimum Gasteiger partial charge on any atom is -0.493 e. The van der Waals surface area contributed by atoms with E-state index in [0.717, 1.165) is 11.8 Å². The maximum atomic E-state index is 10.4. The van der Waals surface area contributed by atoms with Crippen LogP contribution in [0.2, 0.25) is 0 Å². The third kappa shape index (κ3) is 9.95. The molecule has 0 aliphatic heterocycles. The Hall–Kier alpha value is -2.56. The van der Waals surface area contributed by atoms with Crippen LogP contribution in [0.15, 0.2) is 55.1 Å². The molecule has 0 amide bonds. The molecule has 0 aromatic heterocycles. The number of hydrogen-bond acceptors (Lipinski definition) is 4. The normalized spacial score (nSPS) is 8.81. The van der Waals surface area contributed by atoms with Crippen molar-refractivity contribution in [3.05, 3.63) is 55.1 Å². The molecule has 21 heavy (non-hydrogen) atoms. The lowest BCUT2D eigenvalue weighted by atomic mass is 10.2. The van der Waals surface area contributed by atoms with Crippen molar-refractivity contribution in [2.45, 2.75) is 13.3 Å². The van der Waals surface area contributed by atoms with Gasteiger partial charge in [0.1, 0.15) is 5.75 Å². The Bertz CT molecular complexity index is 465. The van der Waals surface area contributed by atoms with Gasteiger partial charge >= 0.3 is 11.9 Å². The number of ether oxygens (including phenoxy) is 2. The first-order valence-electron chi connectivity index (χ1n) is 6.39. The van der Waals surface area contributed by atoms with Gasteiger partial charge in [-0.1, -0.05) is 31.4 Å². The van der Waals surface area contributed by atoms with Crippen molar-refractivity contribution in [1.29, 1.82) is 0 Å². The molecule has 1 N–H and O–H groups in total. The zero-order valence-electron chi connectivity index (χ0n) is 12.1. The molecule has 0 saturated heterocycles. The first-order chi connectivity index (χ1) is 10.0. The Kier molecular flexibility index (Phi) is 9.91. The molecule has 5 heteroatoms. The number of rotatable bonds is 7. The number of carboxylic acid groups (broad SMARTS) is 1. The summed E-state index contributed by atoms with van der Waals surface area (Å²) in [6.07, 6.45) is 1.48. The Morgan fingerprint density at radius 1 is 1.29 bits per heavy atom. The van der Waals surface area contributed by atoms with Gasteiger partial charge in [0.05, 0.1) is 13.2 Å². The highest BCUT2D eigenvalue weighted by molar-refractivity contribution is 5.85. The summed E-state index contributed by atoms with van der Waals surface area (Å²) < 4.78 is 9.74. The van der Waals surface area contributed by atoms with Gasteiger partial charge in [0.15, 0.2) is 0 Å². The van der Waals surface area contributed by atoms with E-state index in [1.54, 1.807) is 6.92 Å². The molecule has 0 heterocycles. The Labute approximate surface area is 124 Å². The fourth-order valence-electron chi connectivity index (χ4n) is 1.12. The highest BCUT2D eigenvalue weighted by Gasteiger charge is 2.03. The number of para-hydroxylation sites is 1. The number of aliphatic carboxylic acids is 1. The number of carbonyl (C=O) groups is 2. The molecule has 0 aliphatic carbocycles. The summed E-state index contributed by atoms with van der Waals surface area (Å²) in [5.41, 5.74) is 0.168. The van der Waals surface area contributed by atoms with Gasteiger partial charge < -0.3 is 14.6 Å². The Morgan fingerprint density at radius 2 is 1.90 bits per heavy atom. The molecule has 5 nitrogen and oxygen atoms in total. The average molecular weight is 292 g/mol. The third-order valence-electron chi connectivity index (χ3n) is 2.17. The zero-order chi connectivity index (χ0) is 16.1. The topological polar surface area (TPSA) is 72.8 Å². The predicted molar refractivity (Wildman–Crippen MR) is 80.2 cm³/mol. The number of carbonyl (C=O) groups excluding carboxylic acids is 1. The molecule has 0 spiro atoms. The molecule has 0 atom stereocenters. The lowest BCUT2D eigenvalue weighted by molar-refractivity contribution is -0.137. The van der Waals surface area contributed by atoms with Crippen molar-refractivity contribution < 1.29 is 24.2 Å². The first kappa shape index (κ1) is 18.4. The first-order valence-corrected chi connectivity index (χ1v) is 6.39. The van der Waals surface area contributed by atoms with Gasteiger partial charge in [-0.2, -0.15) is 0 Å². The minimum atomic E-state index is -0.971. The van der Waals surface area contributed by atoms with Crippen molar-refractivity contribution >= 4 is 11.9 Å². The third-order valence-corrected chi connectivity index (χ3v) is 2.17. The van der Waals surface area contributed by atoms with Crippen molar-refractivity contribution in [3.8, 4) is 5.75 Å². The Balaban J connectivity index is 0.000000486. The standard InChI is InChI=1S/C11H12O3.C5H8O2/c1-9(11(12)13)7-8-14-10-5-3-2-4-6-10;1-3-5(6)7-4-2/h2-6H,1,7-8H2,(H,12,13);3H,1,4H2,2H3. The molecule has 0 unspecified atom stereocenters. The lowest BCUT2D eigenvalue weighted by Crippen LogP contribution is -2.05.